The minimum absolute atomic E-state index is 0.0147. The van der Waals surface area contributed by atoms with Crippen LogP contribution in [0.2, 0.25) is 0 Å². The molecule has 0 spiro atoms. The van der Waals surface area contributed by atoms with Gasteiger partial charge in [0, 0.05) is 18.9 Å². The van der Waals surface area contributed by atoms with E-state index >= 15 is 0 Å². The SMILES string of the molecule is CN1c2ncccc2C(=O)NC1c1ccc(NC(=O)CN2CCCCCC2)cc1. The molecule has 2 aliphatic rings. The Balaban J connectivity index is 1.40. The smallest absolute Gasteiger partial charge is 0.256 e. The number of fused-ring (bicyclic) bond motifs is 1. The van der Waals surface area contributed by atoms with E-state index < -0.39 is 0 Å². The van der Waals surface area contributed by atoms with E-state index in [2.05, 4.69) is 20.5 Å². The quantitative estimate of drug-likeness (QED) is 0.835. The first kappa shape index (κ1) is 19.4. The number of likely N-dealkylation sites (tertiary alicyclic amines) is 1. The van der Waals surface area contributed by atoms with Crippen molar-refractivity contribution in [3.63, 3.8) is 0 Å². The van der Waals surface area contributed by atoms with Crippen LogP contribution in [0.1, 0.15) is 47.8 Å². The summed E-state index contributed by atoms with van der Waals surface area (Å²) >= 11 is 0. The second-order valence-corrected chi connectivity index (χ2v) is 7.72. The fraction of sp³-hybridized carbons (Fsp3) is 0.409. The number of hydrogen-bond acceptors (Lipinski definition) is 5. The standard InChI is InChI=1S/C22H27N5O2/c1-26-20(25-22(29)18-7-6-12-23-21(18)26)16-8-10-17(11-9-16)24-19(28)15-27-13-4-2-3-5-14-27/h6-12,20H,2-5,13-15H2,1H3,(H,24,28)(H,25,29). The minimum Gasteiger partial charge on any atom is -0.335 e. The zero-order valence-corrected chi connectivity index (χ0v) is 16.7. The summed E-state index contributed by atoms with van der Waals surface area (Å²) in [5, 5.41) is 5.99. The van der Waals surface area contributed by atoms with Crippen molar-refractivity contribution < 1.29 is 9.59 Å². The van der Waals surface area contributed by atoms with Crippen molar-refractivity contribution in [1.82, 2.24) is 15.2 Å². The maximum atomic E-state index is 12.4. The molecule has 0 bridgehead atoms. The predicted molar refractivity (Wildman–Crippen MR) is 113 cm³/mol. The molecule has 7 nitrogen and oxygen atoms in total. The topological polar surface area (TPSA) is 77.6 Å². The minimum atomic E-state index is -0.299. The fourth-order valence-electron chi connectivity index (χ4n) is 4.03. The first-order valence-electron chi connectivity index (χ1n) is 10.2. The van der Waals surface area contributed by atoms with Crippen LogP contribution in [0.15, 0.2) is 42.6 Å². The molecule has 2 amide bonds. The normalized spacial score (nSPS) is 19.8. The Kier molecular flexibility index (Phi) is 5.76. The maximum absolute atomic E-state index is 12.4. The van der Waals surface area contributed by atoms with Crippen LogP contribution in [0, 0.1) is 0 Å². The Hall–Kier alpha value is -2.93. The molecule has 152 valence electrons. The van der Waals surface area contributed by atoms with Crippen molar-refractivity contribution in [3.8, 4) is 0 Å². The molecule has 0 radical (unpaired) electrons. The van der Waals surface area contributed by atoms with Crippen molar-refractivity contribution in [2.24, 2.45) is 0 Å². The van der Waals surface area contributed by atoms with Crippen LogP contribution in [-0.4, -0.2) is 48.4 Å². The van der Waals surface area contributed by atoms with Crippen molar-refractivity contribution >= 4 is 23.3 Å². The number of carbonyl (C=O) groups is 2. The number of rotatable bonds is 4. The predicted octanol–water partition coefficient (Wildman–Crippen LogP) is 2.77. The summed E-state index contributed by atoms with van der Waals surface area (Å²) in [6.07, 6.45) is 6.23. The Labute approximate surface area is 171 Å². The first-order valence-corrected chi connectivity index (χ1v) is 10.2. The van der Waals surface area contributed by atoms with E-state index in [9.17, 15) is 9.59 Å². The number of pyridine rings is 1. The lowest BCUT2D eigenvalue weighted by Gasteiger charge is -2.35. The number of amides is 2. The number of nitrogens with one attached hydrogen (secondary N) is 2. The van der Waals surface area contributed by atoms with Gasteiger partial charge in [-0.3, -0.25) is 14.5 Å². The molecule has 1 aromatic carbocycles. The number of nitrogens with zero attached hydrogens (tertiary/aromatic N) is 3. The van der Waals surface area contributed by atoms with Gasteiger partial charge in [0.25, 0.3) is 5.91 Å². The van der Waals surface area contributed by atoms with Crippen LogP contribution in [0.5, 0.6) is 0 Å². The van der Waals surface area contributed by atoms with Gasteiger partial charge in [0.05, 0.1) is 12.1 Å². The highest BCUT2D eigenvalue weighted by molar-refractivity contribution is 6.01. The third-order valence-corrected chi connectivity index (χ3v) is 5.60. The highest BCUT2D eigenvalue weighted by Gasteiger charge is 2.30. The molecule has 1 fully saturated rings. The Bertz CT molecular complexity index is 875. The van der Waals surface area contributed by atoms with Crippen molar-refractivity contribution in [1.29, 1.82) is 0 Å². The van der Waals surface area contributed by atoms with Gasteiger partial charge in [0.1, 0.15) is 12.0 Å². The molecule has 1 atom stereocenters. The van der Waals surface area contributed by atoms with E-state index in [1.165, 1.54) is 25.7 Å². The van der Waals surface area contributed by atoms with E-state index in [1.807, 2.05) is 36.2 Å². The summed E-state index contributed by atoms with van der Waals surface area (Å²) in [6, 6.07) is 11.1. The average Bonchev–Trinajstić information content (AvgIpc) is 3.00. The summed E-state index contributed by atoms with van der Waals surface area (Å²) in [6.45, 7) is 2.43. The molecule has 2 aliphatic heterocycles. The van der Waals surface area contributed by atoms with E-state index in [-0.39, 0.29) is 18.0 Å². The molecule has 2 N–H and O–H groups in total. The molecule has 2 aromatic rings. The van der Waals surface area contributed by atoms with Crippen LogP contribution in [0.3, 0.4) is 0 Å². The monoisotopic (exact) mass is 393 g/mol. The van der Waals surface area contributed by atoms with Crippen LogP contribution < -0.4 is 15.5 Å². The van der Waals surface area contributed by atoms with Crippen molar-refractivity contribution in [2.75, 3.05) is 36.9 Å². The van der Waals surface area contributed by atoms with Crippen LogP contribution in [0.4, 0.5) is 11.5 Å². The van der Waals surface area contributed by atoms with Gasteiger partial charge in [0.15, 0.2) is 0 Å². The highest BCUT2D eigenvalue weighted by atomic mass is 16.2. The maximum Gasteiger partial charge on any atom is 0.256 e. The fourth-order valence-corrected chi connectivity index (χ4v) is 4.03. The van der Waals surface area contributed by atoms with Gasteiger partial charge in [-0.05, 0) is 55.8 Å². The molecule has 0 saturated carbocycles. The van der Waals surface area contributed by atoms with Gasteiger partial charge >= 0.3 is 0 Å². The molecule has 29 heavy (non-hydrogen) atoms. The first-order chi connectivity index (χ1) is 14.1. The highest BCUT2D eigenvalue weighted by Crippen LogP contribution is 2.30. The average molecular weight is 393 g/mol. The van der Waals surface area contributed by atoms with Crippen LogP contribution in [-0.2, 0) is 4.79 Å². The molecule has 1 unspecified atom stereocenters. The van der Waals surface area contributed by atoms with E-state index in [4.69, 9.17) is 0 Å². The molecule has 7 heteroatoms. The third-order valence-electron chi connectivity index (χ3n) is 5.60. The van der Waals surface area contributed by atoms with E-state index in [0.717, 1.165) is 24.3 Å². The molecule has 0 aliphatic carbocycles. The number of benzene rings is 1. The zero-order chi connectivity index (χ0) is 20.2. The molecular weight excluding hydrogens is 366 g/mol. The van der Waals surface area contributed by atoms with E-state index in [0.29, 0.717) is 17.9 Å². The van der Waals surface area contributed by atoms with Crippen LogP contribution >= 0.6 is 0 Å². The molecular formula is C22H27N5O2. The van der Waals surface area contributed by atoms with Gasteiger partial charge < -0.3 is 15.5 Å². The molecule has 1 aromatic heterocycles. The lowest BCUT2D eigenvalue weighted by Crippen LogP contribution is -2.45. The molecule has 4 rings (SSSR count). The van der Waals surface area contributed by atoms with Gasteiger partial charge in [0.2, 0.25) is 5.91 Å². The number of anilines is 2. The number of carbonyl (C=O) groups excluding carboxylic acids is 2. The summed E-state index contributed by atoms with van der Waals surface area (Å²) in [5.74, 6) is 0.544. The third kappa shape index (κ3) is 4.40. The zero-order valence-electron chi connectivity index (χ0n) is 16.7. The lowest BCUT2D eigenvalue weighted by molar-refractivity contribution is -0.117. The van der Waals surface area contributed by atoms with Crippen molar-refractivity contribution in [2.45, 2.75) is 31.8 Å². The van der Waals surface area contributed by atoms with Crippen LogP contribution in [0.25, 0.3) is 0 Å². The van der Waals surface area contributed by atoms with Gasteiger partial charge in [-0.1, -0.05) is 25.0 Å². The second kappa shape index (κ2) is 8.61. The Morgan fingerprint density at radius 2 is 1.86 bits per heavy atom. The van der Waals surface area contributed by atoms with Gasteiger partial charge in [-0.25, -0.2) is 4.98 Å². The number of hydrogen-bond donors (Lipinski definition) is 2. The second-order valence-electron chi connectivity index (χ2n) is 7.72. The number of aromatic nitrogens is 1. The summed E-state index contributed by atoms with van der Waals surface area (Å²) in [7, 11) is 1.91. The lowest BCUT2D eigenvalue weighted by atomic mass is 10.1. The van der Waals surface area contributed by atoms with Gasteiger partial charge in [-0.2, -0.15) is 0 Å². The Morgan fingerprint density at radius 3 is 2.59 bits per heavy atom. The Morgan fingerprint density at radius 1 is 1.14 bits per heavy atom. The molecule has 3 heterocycles. The summed E-state index contributed by atoms with van der Waals surface area (Å²) in [5.41, 5.74) is 2.27. The summed E-state index contributed by atoms with van der Waals surface area (Å²) in [4.78, 5) is 33.3. The van der Waals surface area contributed by atoms with Crippen molar-refractivity contribution in [3.05, 3.63) is 53.7 Å². The summed E-state index contributed by atoms with van der Waals surface area (Å²) < 4.78 is 0. The largest absolute Gasteiger partial charge is 0.335 e. The molecule has 1 saturated heterocycles. The van der Waals surface area contributed by atoms with E-state index in [1.54, 1.807) is 18.3 Å². The van der Waals surface area contributed by atoms with Gasteiger partial charge in [-0.15, -0.1) is 0 Å².